The zero-order valence-corrected chi connectivity index (χ0v) is 12.4. The van der Waals surface area contributed by atoms with Crippen LogP contribution in [0.15, 0.2) is 21.6 Å². The Hall–Kier alpha value is -0.250. The maximum absolute atomic E-state index is 6.18. The van der Waals surface area contributed by atoms with Crippen LogP contribution in [0.2, 0.25) is 10.0 Å². The molecule has 5 heteroatoms. The molecule has 0 atom stereocenters. The van der Waals surface area contributed by atoms with E-state index in [-0.39, 0.29) is 0 Å². The first-order chi connectivity index (χ1) is 8.18. The topological polar surface area (TPSA) is 24.4 Å². The van der Waals surface area contributed by atoms with Crippen LogP contribution >= 0.6 is 39.1 Å². The molecule has 0 aliphatic carbocycles. The minimum absolute atomic E-state index is 0.533. The molecule has 1 heterocycles. The lowest BCUT2D eigenvalue weighted by Crippen LogP contribution is -2.11. The molecule has 2 nitrogen and oxygen atoms in total. The molecule has 17 heavy (non-hydrogen) atoms. The molecule has 1 aliphatic heterocycles. The summed E-state index contributed by atoms with van der Waals surface area (Å²) >= 11 is 15.6. The van der Waals surface area contributed by atoms with E-state index in [2.05, 4.69) is 26.2 Å². The summed E-state index contributed by atoms with van der Waals surface area (Å²) in [6.45, 7) is 0.893. The Morgan fingerprint density at radius 1 is 1.12 bits per heavy atom. The summed E-state index contributed by atoms with van der Waals surface area (Å²) in [6.07, 6.45) is 4.56. The second kappa shape index (κ2) is 6.07. The van der Waals surface area contributed by atoms with Gasteiger partial charge in [0.2, 0.25) is 0 Å². The molecule has 2 rings (SSSR count). The normalized spacial score (nSPS) is 16.3. The average molecular weight is 336 g/mol. The third-order valence-corrected chi connectivity index (χ3v) is 4.46. The molecule has 1 aliphatic rings. The number of nitrogens with one attached hydrogen (secondary N) is 1. The van der Waals surface area contributed by atoms with E-state index in [1.807, 2.05) is 12.1 Å². The van der Waals surface area contributed by atoms with Crippen LogP contribution in [0, 0.1) is 0 Å². The first-order valence-electron chi connectivity index (χ1n) is 5.62. The summed E-state index contributed by atoms with van der Waals surface area (Å²) in [5.74, 6) is 1.00. The van der Waals surface area contributed by atoms with E-state index in [4.69, 9.17) is 23.2 Å². The van der Waals surface area contributed by atoms with Crippen molar-refractivity contribution in [1.82, 2.24) is 0 Å². The van der Waals surface area contributed by atoms with Gasteiger partial charge in [-0.15, -0.1) is 0 Å². The van der Waals surface area contributed by atoms with Crippen LogP contribution in [-0.4, -0.2) is 12.4 Å². The Balaban J connectivity index is 2.18. The van der Waals surface area contributed by atoms with Crippen LogP contribution in [0.3, 0.4) is 0 Å². The number of hydrogen-bond acceptors (Lipinski definition) is 2. The first-order valence-corrected chi connectivity index (χ1v) is 7.17. The highest BCUT2D eigenvalue weighted by Gasteiger charge is 2.11. The van der Waals surface area contributed by atoms with Gasteiger partial charge in [-0.1, -0.05) is 29.6 Å². The molecule has 0 unspecified atom stereocenters. The van der Waals surface area contributed by atoms with Crippen LogP contribution in [0.25, 0.3) is 0 Å². The Morgan fingerprint density at radius 2 is 1.94 bits per heavy atom. The van der Waals surface area contributed by atoms with Crippen molar-refractivity contribution in [2.75, 3.05) is 11.9 Å². The predicted octanol–water partition coefficient (Wildman–Crippen LogP) is 5.14. The number of aliphatic imine (C=N–C) groups is 1. The van der Waals surface area contributed by atoms with Crippen LogP contribution in [0.5, 0.6) is 0 Å². The van der Waals surface area contributed by atoms with Crippen molar-refractivity contribution in [3.8, 4) is 0 Å². The van der Waals surface area contributed by atoms with E-state index in [9.17, 15) is 0 Å². The van der Waals surface area contributed by atoms with Gasteiger partial charge in [-0.05, 0) is 40.9 Å². The number of rotatable bonds is 1. The number of benzene rings is 1. The van der Waals surface area contributed by atoms with E-state index >= 15 is 0 Å². The minimum atomic E-state index is 0.533. The third-order valence-electron chi connectivity index (χ3n) is 2.69. The van der Waals surface area contributed by atoms with Crippen LogP contribution in [0.1, 0.15) is 25.7 Å². The average Bonchev–Trinajstić information content (AvgIpc) is 2.59. The fourth-order valence-electron chi connectivity index (χ4n) is 1.75. The quantitative estimate of drug-likeness (QED) is 0.706. The van der Waals surface area contributed by atoms with Crippen molar-refractivity contribution in [3.63, 3.8) is 0 Å². The minimum Gasteiger partial charge on any atom is -0.343 e. The van der Waals surface area contributed by atoms with Gasteiger partial charge in [0.25, 0.3) is 0 Å². The van der Waals surface area contributed by atoms with Gasteiger partial charge < -0.3 is 5.32 Å². The largest absolute Gasteiger partial charge is 0.343 e. The van der Waals surface area contributed by atoms with Crippen molar-refractivity contribution in [3.05, 3.63) is 26.7 Å². The molecule has 0 bridgehead atoms. The zero-order chi connectivity index (χ0) is 12.3. The molecule has 1 aromatic carbocycles. The molecular formula is C12H13BrCl2N2. The number of anilines is 1. The molecule has 0 spiro atoms. The van der Waals surface area contributed by atoms with Crippen molar-refractivity contribution in [1.29, 1.82) is 0 Å². The van der Waals surface area contributed by atoms with Crippen LogP contribution in [-0.2, 0) is 0 Å². The molecule has 0 saturated heterocycles. The number of nitrogens with zero attached hydrogens (tertiary/aromatic N) is 1. The summed E-state index contributed by atoms with van der Waals surface area (Å²) in [6, 6.07) is 3.79. The van der Waals surface area contributed by atoms with Gasteiger partial charge in [-0.2, -0.15) is 0 Å². The Bertz CT molecular complexity index is 446. The SMILES string of the molecule is Clc1c(Br)ccc(NC2=NCCCCC2)c1Cl. The predicted molar refractivity (Wildman–Crippen MR) is 78.6 cm³/mol. The van der Waals surface area contributed by atoms with E-state index in [0.29, 0.717) is 10.0 Å². The Labute approximate surface area is 120 Å². The van der Waals surface area contributed by atoms with Crippen molar-refractivity contribution < 1.29 is 0 Å². The van der Waals surface area contributed by atoms with Gasteiger partial charge >= 0.3 is 0 Å². The van der Waals surface area contributed by atoms with Crippen LogP contribution in [0.4, 0.5) is 5.69 Å². The fourth-order valence-corrected chi connectivity index (χ4v) is 2.58. The lowest BCUT2D eigenvalue weighted by atomic mass is 10.2. The van der Waals surface area contributed by atoms with E-state index in [0.717, 1.165) is 29.0 Å². The maximum Gasteiger partial charge on any atom is 0.101 e. The van der Waals surface area contributed by atoms with Gasteiger partial charge in [-0.3, -0.25) is 4.99 Å². The first kappa shape index (κ1) is 13.2. The summed E-state index contributed by atoms with van der Waals surface area (Å²) in [4.78, 5) is 4.50. The van der Waals surface area contributed by atoms with E-state index in [1.54, 1.807) is 0 Å². The maximum atomic E-state index is 6.18. The fraction of sp³-hybridized carbons (Fsp3) is 0.417. The number of amidine groups is 1. The number of halogens is 3. The second-order valence-electron chi connectivity index (χ2n) is 3.99. The highest BCUT2D eigenvalue weighted by atomic mass is 79.9. The summed E-state index contributed by atoms with van der Waals surface area (Å²) in [5, 5.41) is 4.34. The molecule has 0 fully saturated rings. The summed E-state index contributed by atoms with van der Waals surface area (Å²) < 4.78 is 0.803. The molecule has 1 N–H and O–H groups in total. The van der Waals surface area contributed by atoms with Gasteiger partial charge in [-0.25, -0.2) is 0 Å². The highest BCUT2D eigenvalue weighted by molar-refractivity contribution is 9.10. The van der Waals surface area contributed by atoms with Crippen molar-refractivity contribution >= 4 is 50.7 Å². The molecule has 0 aromatic heterocycles. The van der Waals surface area contributed by atoms with E-state index in [1.165, 1.54) is 19.3 Å². The van der Waals surface area contributed by atoms with Crippen molar-refractivity contribution in [2.24, 2.45) is 4.99 Å². The Kier molecular flexibility index (Phi) is 4.71. The molecular weight excluding hydrogens is 323 g/mol. The summed E-state index contributed by atoms with van der Waals surface area (Å²) in [7, 11) is 0. The lowest BCUT2D eigenvalue weighted by molar-refractivity contribution is 0.731. The second-order valence-corrected chi connectivity index (χ2v) is 5.60. The van der Waals surface area contributed by atoms with Gasteiger partial charge in [0.1, 0.15) is 5.84 Å². The van der Waals surface area contributed by atoms with Crippen LogP contribution < -0.4 is 5.32 Å². The monoisotopic (exact) mass is 334 g/mol. The molecule has 92 valence electrons. The van der Waals surface area contributed by atoms with Gasteiger partial charge in [0.15, 0.2) is 0 Å². The van der Waals surface area contributed by atoms with Gasteiger partial charge in [0.05, 0.1) is 15.7 Å². The third kappa shape index (κ3) is 3.36. The molecule has 0 amide bonds. The molecule has 0 saturated carbocycles. The zero-order valence-electron chi connectivity index (χ0n) is 9.27. The standard InChI is InChI=1S/C12H13BrCl2N2/c13-8-5-6-9(12(15)11(8)14)17-10-4-2-1-3-7-16-10/h5-6H,1-4,7H2,(H,16,17). The highest BCUT2D eigenvalue weighted by Crippen LogP contribution is 2.36. The van der Waals surface area contributed by atoms with Gasteiger partial charge in [0, 0.05) is 17.4 Å². The lowest BCUT2D eigenvalue weighted by Gasteiger charge is -2.11. The smallest absolute Gasteiger partial charge is 0.101 e. The van der Waals surface area contributed by atoms with E-state index < -0.39 is 0 Å². The Morgan fingerprint density at radius 3 is 2.76 bits per heavy atom. The number of hydrogen-bond donors (Lipinski definition) is 1. The summed E-state index contributed by atoms with van der Waals surface area (Å²) in [5.41, 5.74) is 0.820. The molecule has 1 aromatic rings. The van der Waals surface area contributed by atoms with Crippen molar-refractivity contribution in [2.45, 2.75) is 25.7 Å². The molecule has 0 radical (unpaired) electrons.